The number of methoxy groups -OCH3 is 1. The van der Waals surface area contributed by atoms with Crippen LogP contribution in [0, 0.1) is 0 Å². The number of morpholine rings is 1. The van der Waals surface area contributed by atoms with Crippen LogP contribution < -0.4 is 10.5 Å². The van der Waals surface area contributed by atoms with Gasteiger partial charge in [-0.1, -0.05) is 0 Å². The molecule has 1 fully saturated rings. The first-order valence-corrected chi connectivity index (χ1v) is 7.50. The molecule has 0 bridgehead atoms. The fourth-order valence-electron chi connectivity index (χ4n) is 1.91. The number of aliphatic imine (C=N–C) groups is 2. The average Bonchev–Trinajstić information content (AvgIpc) is 2.54. The van der Waals surface area contributed by atoms with Crippen LogP contribution in [0.2, 0.25) is 0 Å². The highest BCUT2D eigenvalue weighted by atomic mass is 32.2. The second-order valence-corrected chi connectivity index (χ2v) is 5.34. The van der Waals surface area contributed by atoms with Crippen molar-refractivity contribution in [1.82, 2.24) is 4.90 Å². The Balaban J connectivity index is 2.00. The molecule has 0 aromatic heterocycles. The number of hydrogen-bond donors (Lipinski definition) is 1. The first-order chi connectivity index (χ1) is 10.2. The minimum Gasteiger partial charge on any atom is -0.497 e. The summed E-state index contributed by atoms with van der Waals surface area (Å²) in [6.07, 6.45) is 0. The first kappa shape index (κ1) is 15.7. The lowest BCUT2D eigenvalue weighted by Gasteiger charge is -2.28. The van der Waals surface area contributed by atoms with Crippen LogP contribution in [-0.4, -0.2) is 55.7 Å². The summed E-state index contributed by atoms with van der Waals surface area (Å²) in [4.78, 5) is 10.8. The van der Waals surface area contributed by atoms with E-state index in [4.69, 9.17) is 15.2 Å². The number of benzene rings is 1. The Bertz CT molecular complexity index is 510. The van der Waals surface area contributed by atoms with E-state index < -0.39 is 0 Å². The lowest BCUT2D eigenvalue weighted by Crippen LogP contribution is -2.40. The van der Waals surface area contributed by atoms with Gasteiger partial charge in [-0.25, -0.2) is 4.99 Å². The standard InChI is InChI=1S/C14H20N4O2S/c1-16-14(18-7-9-20-10-8-18)21-13(15)17-11-3-5-12(19-2)6-4-11/h3-6H,7-10H2,1-2H3,(H2,15,17). The minimum atomic E-state index is 0.465. The topological polar surface area (TPSA) is 72.4 Å². The summed E-state index contributed by atoms with van der Waals surface area (Å²) >= 11 is 1.37. The lowest BCUT2D eigenvalue weighted by atomic mass is 10.3. The molecular formula is C14H20N4O2S. The molecule has 1 aromatic carbocycles. The maximum atomic E-state index is 6.00. The van der Waals surface area contributed by atoms with Crippen molar-refractivity contribution in [3.05, 3.63) is 24.3 Å². The largest absolute Gasteiger partial charge is 0.497 e. The summed E-state index contributed by atoms with van der Waals surface area (Å²) < 4.78 is 10.5. The normalized spacial score (nSPS) is 17.0. The number of ether oxygens (including phenoxy) is 2. The van der Waals surface area contributed by atoms with Gasteiger partial charge in [-0.05, 0) is 36.0 Å². The molecule has 1 aromatic rings. The van der Waals surface area contributed by atoms with Crippen molar-refractivity contribution in [1.29, 1.82) is 0 Å². The van der Waals surface area contributed by atoms with Gasteiger partial charge in [0.25, 0.3) is 0 Å². The van der Waals surface area contributed by atoms with Gasteiger partial charge < -0.3 is 20.1 Å². The van der Waals surface area contributed by atoms with E-state index in [0.717, 1.165) is 42.9 Å². The van der Waals surface area contributed by atoms with E-state index in [-0.39, 0.29) is 0 Å². The third-order valence-corrected chi connectivity index (χ3v) is 3.90. The number of amidine groups is 2. The lowest BCUT2D eigenvalue weighted by molar-refractivity contribution is 0.0693. The van der Waals surface area contributed by atoms with Crippen LogP contribution in [0.4, 0.5) is 5.69 Å². The highest BCUT2D eigenvalue weighted by molar-refractivity contribution is 8.26. The molecule has 0 amide bonds. The number of rotatable bonds is 2. The van der Waals surface area contributed by atoms with Gasteiger partial charge in [-0.3, -0.25) is 4.99 Å². The number of hydrogen-bond acceptors (Lipinski definition) is 5. The molecule has 0 spiro atoms. The van der Waals surface area contributed by atoms with Crippen LogP contribution in [0.15, 0.2) is 34.3 Å². The quantitative estimate of drug-likeness (QED) is 0.665. The highest BCUT2D eigenvalue weighted by Crippen LogP contribution is 2.20. The average molecular weight is 308 g/mol. The molecule has 0 saturated carbocycles. The summed E-state index contributed by atoms with van der Waals surface area (Å²) in [6.45, 7) is 3.09. The Hall–Kier alpha value is -1.73. The number of nitrogens with two attached hydrogens (primary N) is 1. The summed E-state index contributed by atoms with van der Waals surface area (Å²) in [5.41, 5.74) is 6.79. The maximum Gasteiger partial charge on any atom is 0.166 e. The van der Waals surface area contributed by atoms with E-state index in [1.54, 1.807) is 14.2 Å². The zero-order chi connectivity index (χ0) is 15.1. The van der Waals surface area contributed by atoms with Gasteiger partial charge in [0.15, 0.2) is 10.3 Å². The van der Waals surface area contributed by atoms with Crippen molar-refractivity contribution in [2.24, 2.45) is 15.7 Å². The van der Waals surface area contributed by atoms with Crippen molar-refractivity contribution < 1.29 is 9.47 Å². The Morgan fingerprint density at radius 3 is 2.52 bits per heavy atom. The molecule has 0 radical (unpaired) electrons. The third kappa shape index (κ3) is 4.64. The molecule has 1 saturated heterocycles. The molecule has 0 atom stereocenters. The van der Waals surface area contributed by atoms with Crippen molar-refractivity contribution in [2.45, 2.75) is 0 Å². The molecule has 2 N–H and O–H groups in total. The molecule has 1 aliphatic heterocycles. The summed E-state index contributed by atoms with van der Waals surface area (Å²) in [7, 11) is 3.40. The highest BCUT2D eigenvalue weighted by Gasteiger charge is 2.16. The Kier molecular flexibility index (Phi) is 5.89. The monoisotopic (exact) mass is 308 g/mol. The van der Waals surface area contributed by atoms with Crippen LogP contribution >= 0.6 is 11.8 Å². The molecule has 6 nitrogen and oxygen atoms in total. The van der Waals surface area contributed by atoms with Crippen molar-refractivity contribution in [2.75, 3.05) is 40.5 Å². The van der Waals surface area contributed by atoms with Crippen LogP contribution in [-0.2, 0) is 4.74 Å². The van der Waals surface area contributed by atoms with Gasteiger partial charge in [0.1, 0.15) is 5.75 Å². The van der Waals surface area contributed by atoms with E-state index in [1.807, 2.05) is 24.3 Å². The Labute approximate surface area is 129 Å². The maximum absolute atomic E-state index is 6.00. The molecule has 1 aliphatic rings. The van der Waals surface area contributed by atoms with Gasteiger partial charge in [-0.15, -0.1) is 0 Å². The predicted molar refractivity (Wildman–Crippen MR) is 87.6 cm³/mol. The smallest absolute Gasteiger partial charge is 0.166 e. The van der Waals surface area contributed by atoms with E-state index in [2.05, 4.69) is 14.9 Å². The predicted octanol–water partition coefficient (Wildman–Crippen LogP) is 1.69. The van der Waals surface area contributed by atoms with Crippen molar-refractivity contribution in [3.63, 3.8) is 0 Å². The van der Waals surface area contributed by atoms with Crippen LogP contribution in [0.1, 0.15) is 0 Å². The van der Waals surface area contributed by atoms with Gasteiger partial charge in [-0.2, -0.15) is 0 Å². The molecule has 114 valence electrons. The third-order valence-electron chi connectivity index (χ3n) is 2.98. The molecule has 2 rings (SSSR count). The fraction of sp³-hybridized carbons (Fsp3) is 0.429. The fourth-order valence-corrected chi connectivity index (χ4v) is 2.65. The van der Waals surface area contributed by atoms with Crippen molar-refractivity contribution in [3.8, 4) is 5.75 Å². The van der Waals surface area contributed by atoms with E-state index >= 15 is 0 Å². The summed E-state index contributed by atoms with van der Waals surface area (Å²) in [5.74, 6) is 0.796. The Morgan fingerprint density at radius 2 is 1.95 bits per heavy atom. The molecule has 0 aliphatic carbocycles. The van der Waals surface area contributed by atoms with Crippen LogP contribution in [0.5, 0.6) is 5.75 Å². The first-order valence-electron chi connectivity index (χ1n) is 6.68. The molecule has 0 unspecified atom stereocenters. The van der Waals surface area contributed by atoms with Gasteiger partial charge in [0.05, 0.1) is 26.0 Å². The van der Waals surface area contributed by atoms with Crippen LogP contribution in [0.3, 0.4) is 0 Å². The summed E-state index contributed by atoms with van der Waals surface area (Å²) in [6, 6.07) is 7.44. The van der Waals surface area contributed by atoms with Gasteiger partial charge in [0, 0.05) is 20.1 Å². The number of nitrogens with zero attached hydrogens (tertiary/aromatic N) is 3. The van der Waals surface area contributed by atoms with Crippen LogP contribution in [0.25, 0.3) is 0 Å². The van der Waals surface area contributed by atoms with E-state index in [1.165, 1.54) is 11.8 Å². The SMILES string of the molecule is CN=C(SC(N)=Nc1ccc(OC)cc1)N1CCOCC1. The number of thioether (sulfide) groups is 1. The minimum absolute atomic E-state index is 0.465. The second kappa shape index (κ2) is 7.90. The molecule has 1 heterocycles. The zero-order valence-corrected chi connectivity index (χ0v) is 13.1. The van der Waals surface area contributed by atoms with Gasteiger partial charge in [0.2, 0.25) is 0 Å². The summed E-state index contributed by atoms with van der Waals surface area (Å²) in [5, 5.41) is 1.33. The van der Waals surface area contributed by atoms with Gasteiger partial charge >= 0.3 is 0 Å². The molecule has 7 heteroatoms. The second-order valence-electron chi connectivity index (χ2n) is 4.36. The zero-order valence-electron chi connectivity index (χ0n) is 12.3. The molecular weight excluding hydrogens is 288 g/mol. The van der Waals surface area contributed by atoms with Crippen molar-refractivity contribution >= 4 is 27.8 Å². The van der Waals surface area contributed by atoms with E-state index in [0.29, 0.717) is 5.17 Å². The Morgan fingerprint density at radius 1 is 1.29 bits per heavy atom. The van der Waals surface area contributed by atoms with E-state index in [9.17, 15) is 0 Å². The molecule has 21 heavy (non-hydrogen) atoms.